The van der Waals surface area contributed by atoms with Gasteiger partial charge < -0.3 is 28.4 Å². The summed E-state index contributed by atoms with van der Waals surface area (Å²) in [5.74, 6) is 3.20. The molecule has 4 aromatic carbocycles. The Kier molecular flexibility index (Phi) is 16.3. The number of methoxy groups -OCH3 is 2. The van der Waals surface area contributed by atoms with Crippen LogP contribution in [0.5, 0.6) is 34.5 Å². The van der Waals surface area contributed by atoms with Crippen LogP contribution < -0.4 is 28.4 Å². The molecule has 68 heavy (non-hydrogen) atoms. The van der Waals surface area contributed by atoms with Gasteiger partial charge in [-0.15, -0.1) is 6.58 Å². The molecule has 2 aliphatic heterocycles. The first-order chi connectivity index (χ1) is 32.1. The Morgan fingerprint density at radius 3 is 1.50 bits per heavy atom. The second kappa shape index (κ2) is 20.5. The second-order valence-electron chi connectivity index (χ2n) is 19.1. The van der Waals surface area contributed by atoms with Crippen molar-refractivity contribution >= 4 is 20.6 Å². The number of hydrogen-bond donors (Lipinski definition) is 0. The highest BCUT2D eigenvalue weighted by Crippen LogP contribution is 2.66. The number of benzene rings is 4. The van der Waals surface area contributed by atoms with Gasteiger partial charge in [0.15, 0.2) is 34.5 Å². The molecule has 0 amide bonds. The minimum absolute atomic E-state index is 0.0154. The van der Waals surface area contributed by atoms with Crippen molar-refractivity contribution in [1.29, 1.82) is 0 Å². The molecule has 4 aliphatic rings. The summed E-state index contributed by atoms with van der Waals surface area (Å²) in [6.45, 7) is 38.0. The zero-order valence-electron chi connectivity index (χ0n) is 43.5. The van der Waals surface area contributed by atoms with Crippen LogP contribution in [-0.2, 0) is 36.9 Å². The molecule has 0 saturated heterocycles. The van der Waals surface area contributed by atoms with Crippen molar-refractivity contribution in [3.05, 3.63) is 131 Å². The smallest absolute Gasteiger partial charge is 0.209 e. The average Bonchev–Trinajstić information content (AvgIpc) is 3.69. The molecule has 1 spiro atoms. The van der Waals surface area contributed by atoms with E-state index in [-0.39, 0.29) is 32.1 Å². The zero-order chi connectivity index (χ0) is 50.8. The summed E-state index contributed by atoms with van der Waals surface area (Å²) in [6, 6.07) is 21.3. The summed E-state index contributed by atoms with van der Waals surface area (Å²) >= 11 is 0. The molecule has 11 heteroatoms. The van der Waals surface area contributed by atoms with Crippen molar-refractivity contribution in [3.8, 4) is 34.5 Å². The maximum atomic E-state index is 14.4. The standard InChI is InChI=1S/C50H56O9S2.C3H8.2C2H6/c1-13-43(60(51)33-20-16-31(54-11)17-21-33)45-44(30(4)61(52,53)34-22-18-32(55-12)19-23-34)56-40-26-37-35(24-39(40)57-45)46(5,6)28-50(37)29-47(7,8)36-25-41-42(27-38(36)50)59-49(10,15-3)48(9,14-2)58-41;1-3-2;2*1-2/h13,16-27,43H,1,4,14-15,28-29H2,2-3,5-12H3;3H2,1-2H3;2*1-2H3. The van der Waals surface area contributed by atoms with E-state index < -0.39 is 42.5 Å². The summed E-state index contributed by atoms with van der Waals surface area (Å²) in [4.78, 5) is 0.102. The number of sulfone groups is 1. The molecule has 0 fully saturated rings. The number of ether oxygens (including phenoxy) is 6. The van der Waals surface area contributed by atoms with Gasteiger partial charge in [0.05, 0.1) is 29.9 Å². The maximum Gasteiger partial charge on any atom is 0.209 e. The number of fused-ring (bicyclic) bond motifs is 6. The Bertz CT molecular complexity index is 2660. The number of rotatable bonds is 11. The molecule has 0 N–H and O–H groups in total. The van der Waals surface area contributed by atoms with Crippen LogP contribution in [0.25, 0.3) is 0 Å². The van der Waals surface area contributed by atoms with E-state index in [1.165, 1.54) is 42.9 Å². The van der Waals surface area contributed by atoms with Crippen LogP contribution in [0.4, 0.5) is 0 Å². The van der Waals surface area contributed by atoms with E-state index in [0.29, 0.717) is 27.9 Å². The lowest BCUT2D eigenvalue weighted by Crippen LogP contribution is -2.59. The van der Waals surface area contributed by atoms with Gasteiger partial charge in [-0.2, -0.15) is 0 Å². The van der Waals surface area contributed by atoms with Gasteiger partial charge in [-0.1, -0.05) is 102 Å². The van der Waals surface area contributed by atoms with Gasteiger partial charge in [-0.05, 0) is 145 Å². The van der Waals surface area contributed by atoms with Crippen molar-refractivity contribution in [2.24, 2.45) is 0 Å². The van der Waals surface area contributed by atoms with Gasteiger partial charge in [0.1, 0.15) is 32.9 Å². The monoisotopic (exact) mass is 968 g/mol. The minimum Gasteiger partial charge on any atom is -0.497 e. The minimum atomic E-state index is -4.27. The first kappa shape index (κ1) is 53.9. The molecule has 4 aromatic rings. The fraction of sp³-hybridized carbons (Fsp3) is 0.474. The molecule has 0 saturated carbocycles. The molecular formula is C57H76O9S2. The Balaban J connectivity index is 0.00000117. The summed E-state index contributed by atoms with van der Waals surface area (Å²) in [5.41, 5.74) is 2.55. The topological polar surface area (TPSA) is 107 Å². The SMILES string of the molecule is C=CC(C1=C(C(=C)S(=O)(=O)c2ccc(OC)cc2)Oc2cc3c(cc2O1)C(C)(C)CC31CC(C)(C)c2cc3c(cc21)OC(C)(CC)C(C)(CC)O3)S(=O)c1ccc(OC)cc1.CC.CC.CCC. The third kappa shape index (κ3) is 9.26. The van der Waals surface area contributed by atoms with Gasteiger partial charge in [0, 0.05) is 10.3 Å². The summed E-state index contributed by atoms with van der Waals surface area (Å²) < 4.78 is 81.2. The largest absolute Gasteiger partial charge is 0.497 e. The first-order valence-electron chi connectivity index (χ1n) is 24.2. The normalized spacial score (nSPS) is 22.9. The third-order valence-electron chi connectivity index (χ3n) is 13.9. The Morgan fingerprint density at radius 1 is 0.676 bits per heavy atom. The summed E-state index contributed by atoms with van der Waals surface area (Å²) in [7, 11) is -3.00. The molecular weight excluding hydrogens is 893 g/mol. The van der Waals surface area contributed by atoms with Crippen molar-refractivity contribution in [1.82, 2.24) is 0 Å². The third-order valence-corrected chi connectivity index (χ3v) is 17.2. The van der Waals surface area contributed by atoms with Gasteiger partial charge in [-0.3, -0.25) is 4.21 Å². The molecule has 5 atom stereocenters. The molecule has 8 rings (SSSR count). The lowest BCUT2D eigenvalue weighted by molar-refractivity contribution is -0.125. The Morgan fingerprint density at radius 2 is 1.07 bits per heavy atom. The fourth-order valence-corrected chi connectivity index (χ4v) is 12.5. The Hall–Kier alpha value is -5.00. The average molecular weight is 969 g/mol. The van der Waals surface area contributed by atoms with Crippen molar-refractivity contribution in [2.75, 3.05) is 14.2 Å². The van der Waals surface area contributed by atoms with Gasteiger partial charge >= 0.3 is 0 Å². The van der Waals surface area contributed by atoms with Crippen LogP contribution in [0, 0.1) is 0 Å². The predicted molar refractivity (Wildman–Crippen MR) is 277 cm³/mol. The molecule has 5 unspecified atom stereocenters. The predicted octanol–water partition coefficient (Wildman–Crippen LogP) is 14.3. The van der Waals surface area contributed by atoms with Crippen LogP contribution in [0.15, 0.2) is 118 Å². The highest BCUT2D eigenvalue weighted by Gasteiger charge is 2.59. The molecule has 9 nitrogen and oxygen atoms in total. The second-order valence-corrected chi connectivity index (χ2v) is 22.6. The van der Waals surface area contributed by atoms with Crippen molar-refractivity contribution < 1.29 is 41.0 Å². The highest BCUT2D eigenvalue weighted by molar-refractivity contribution is 7.95. The summed E-state index contributed by atoms with van der Waals surface area (Å²) in [5, 5.41) is -1.02. The van der Waals surface area contributed by atoms with E-state index in [2.05, 4.69) is 94.5 Å². The van der Waals surface area contributed by atoms with Crippen LogP contribution >= 0.6 is 0 Å². The van der Waals surface area contributed by atoms with E-state index >= 15 is 0 Å². The van der Waals surface area contributed by atoms with Crippen LogP contribution in [0.2, 0.25) is 0 Å². The van der Waals surface area contributed by atoms with E-state index in [4.69, 9.17) is 28.4 Å². The van der Waals surface area contributed by atoms with Crippen LogP contribution in [0.1, 0.15) is 151 Å². The zero-order valence-corrected chi connectivity index (χ0v) is 45.2. The van der Waals surface area contributed by atoms with E-state index in [0.717, 1.165) is 48.3 Å². The molecule has 0 aromatic heterocycles. The molecule has 2 heterocycles. The highest BCUT2D eigenvalue weighted by atomic mass is 32.2. The molecule has 0 bridgehead atoms. The van der Waals surface area contributed by atoms with E-state index in [9.17, 15) is 12.6 Å². The lowest BCUT2D eigenvalue weighted by atomic mass is 9.72. The quantitative estimate of drug-likeness (QED) is 0.136. The van der Waals surface area contributed by atoms with Crippen molar-refractivity contribution in [3.63, 3.8) is 0 Å². The van der Waals surface area contributed by atoms with E-state index in [1.54, 1.807) is 43.5 Å². The van der Waals surface area contributed by atoms with Crippen LogP contribution in [-0.4, -0.2) is 43.3 Å². The van der Waals surface area contributed by atoms with Gasteiger partial charge in [0.25, 0.3) is 0 Å². The fourth-order valence-electron chi connectivity index (χ4n) is 10.1. The Labute approximate surface area is 410 Å². The van der Waals surface area contributed by atoms with Crippen LogP contribution in [0.3, 0.4) is 0 Å². The molecule has 2 aliphatic carbocycles. The van der Waals surface area contributed by atoms with Gasteiger partial charge in [-0.25, -0.2) is 8.42 Å². The molecule has 370 valence electrons. The van der Waals surface area contributed by atoms with Gasteiger partial charge in [0.2, 0.25) is 9.84 Å². The molecule has 0 radical (unpaired) electrons. The number of hydrogen-bond acceptors (Lipinski definition) is 9. The van der Waals surface area contributed by atoms with Crippen molar-refractivity contribution in [2.45, 2.75) is 172 Å². The first-order valence-corrected chi connectivity index (χ1v) is 26.9. The van der Waals surface area contributed by atoms with E-state index in [1.807, 2.05) is 39.8 Å². The lowest BCUT2D eigenvalue weighted by Gasteiger charge is -2.49. The summed E-state index contributed by atoms with van der Waals surface area (Å²) in [6.07, 6.45) is 5.93. The maximum absolute atomic E-state index is 14.4.